The standard InChI is InChI=1S/C17H17NO/c1-13-6-8-14(9-7-13)10-18-11-15-12-19-17-5-3-2-4-16(15)17/h2-9,12,18H,10-11H2,1H3. The summed E-state index contributed by atoms with van der Waals surface area (Å²) in [6, 6.07) is 16.7. The van der Waals surface area contributed by atoms with E-state index >= 15 is 0 Å². The van der Waals surface area contributed by atoms with Gasteiger partial charge in [-0.25, -0.2) is 0 Å². The molecule has 0 spiro atoms. The van der Waals surface area contributed by atoms with E-state index in [9.17, 15) is 0 Å². The number of hydrogen-bond acceptors (Lipinski definition) is 2. The monoisotopic (exact) mass is 251 g/mol. The number of benzene rings is 2. The average Bonchev–Trinajstić information content (AvgIpc) is 2.85. The van der Waals surface area contributed by atoms with E-state index in [1.54, 1.807) is 0 Å². The van der Waals surface area contributed by atoms with Crippen molar-refractivity contribution >= 4 is 11.0 Å². The fourth-order valence-corrected chi connectivity index (χ4v) is 2.22. The Morgan fingerprint density at radius 1 is 0.947 bits per heavy atom. The van der Waals surface area contributed by atoms with Gasteiger partial charge in [-0.15, -0.1) is 0 Å². The second kappa shape index (κ2) is 5.29. The van der Waals surface area contributed by atoms with Crippen LogP contribution in [0.5, 0.6) is 0 Å². The van der Waals surface area contributed by atoms with Crippen LogP contribution in [0.4, 0.5) is 0 Å². The lowest BCUT2D eigenvalue weighted by molar-refractivity contribution is 0.602. The Morgan fingerprint density at radius 2 is 1.74 bits per heavy atom. The Labute approximate surface area is 113 Å². The maximum Gasteiger partial charge on any atom is 0.134 e. The van der Waals surface area contributed by atoms with Crippen molar-refractivity contribution in [3.63, 3.8) is 0 Å². The molecule has 0 radical (unpaired) electrons. The van der Waals surface area contributed by atoms with Crippen LogP contribution >= 0.6 is 0 Å². The fourth-order valence-electron chi connectivity index (χ4n) is 2.22. The van der Waals surface area contributed by atoms with Crippen LogP contribution in [0.2, 0.25) is 0 Å². The van der Waals surface area contributed by atoms with E-state index in [4.69, 9.17) is 4.42 Å². The molecule has 2 aromatic carbocycles. The number of rotatable bonds is 4. The molecule has 0 aliphatic carbocycles. The molecule has 0 aliphatic heterocycles. The first-order valence-electron chi connectivity index (χ1n) is 6.54. The lowest BCUT2D eigenvalue weighted by atomic mass is 10.1. The molecule has 1 heterocycles. The first kappa shape index (κ1) is 12.0. The van der Waals surface area contributed by atoms with E-state index in [1.807, 2.05) is 24.5 Å². The summed E-state index contributed by atoms with van der Waals surface area (Å²) < 4.78 is 5.53. The summed E-state index contributed by atoms with van der Waals surface area (Å²) in [7, 11) is 0. The van der Waals surface area contributed by atoms with Crippen LogP contribution in [-0.4, -0.2) is 0 Å². The van der Waals surface area contributed by atoms with Gasteiger partial charge in [-0.05, 0) is 18.6 Å². The zero-order valence-electron chi connectivity index (χ0n) is 11.0. The van der Waals surface area contributed by atoms with Gasteiger partial charge in [0.25, 0.3) is 0 Å². The van der Waals surface area contributed by atoms with Gasteiger partial charge in [0.05, 0.1) is 6.26 Å². The molecule has 1 aromatic heterocycles. The molecular weight excluding hydrogens is 234 g/mol. The summed E-state index contributed by atoms with van der Waals surface area (Å²) in [6.07, 6.45) is 1.84. The molecular formula is C17H17NO. The van der Waals surface area contributed by atoms with Gasteiger partial charge in [0.1, 0.15) is 5.58 Å². The molecule has 3 rings (SSSR count). The zero-order valence-corrected chi connectivity index (χ0v) is 11.0. The number of aryl methyl sites for hydroxylation is 1. The van der Waals surface area contributed by atoms with E-state index in [-0.39, 0.29) is 0 Å². The van der Waals surface area contributed by atoms with Crippen molar-refractivity contribution in [2.24, 2.45) is 0 Å². The zero-order chi connectivity index (χ0) is 13.1. The van der Waals surface area contributed by atoms with Crippen LogP contribution in [0.3, 0.4) is 0 Å². The second-order valence-corrected chi connectivity index (χ2v) is 4.85. The molecule has 0 bridgehead atoms. The van der Waals surface area contributed by atoms with Crippen LogP contribution in [0.25, 0.3) is 11.0 Å². The molecule has 0 saturated heterocycles. The van der Waals surface area contributed by atoms with Crippen LogP contribution < -0.4 is 5.32 Å². The number of nitrogens with one attached hydrogen (secondary N) is 1. The van der Waals surface area contributed by atoms with Gasteiger partial charge < -0.3 is 9.73 Å². The van der Waals surface area contributed by atoms with Crippen LogP contribution in [0.15, 0.2) is 59.2 Å². The third-order valence-corrected chi connectivity index (χ3v) is 3.33. The van der Waals surface area contributed by atoms with Gasteiger partial charge in [0.15, 0.2) is 0 Å². The molecule has 0 atom stereocenters. The normalized spacial score (nSPS) is 11.0. The minimum Gasteiger partial charge on any atom is -0.464 e. The number of para-hydroxylation sites is 1. The highest BCUT2D eigenvalue weighted by atomic mass is 16.3. The van der Waals surface area contributed by atoms with E-state index in [0.717, 1.165) is 18.7 Å². The van der Waals surface area contributed by atoms with Gasteiger partial charge in [-0.3, -0.25) is 0 Å². The summed E-state index contributed by atoms with van der Waals surface area (Å²) in [5.41, 5.74) is 4.76. The lowest BCUT2D eigenvalue weighted by Gasteiger charge is -2.04. The Hall–Kier alpha value is -2.06. The maximum atomic E-state index is 5.53. The first-order valence-corrected chi connectivity index (χ1v) is 6.54. The van der Waals surface area contributed by atoms with Gasteiger partial charge in [0, 0.05) is 24.0 Å². The predicted molar refractivity (Wildman–Crippen MR) is 77.9 cm³/mol. The summed E-state index contributed by atoms with van der Waals surface area (Å²) in [4.78, 5) is 0. The Bertz CT molecular complexity index is 667. The van der Waals surface area contributed by atoms with E-state index in [2.05, 4.69) is 42.6 Å². The van der Waals surface area contributed by atoms with Crippen molar-refractivity contribution in [1.82, 2.24) is 5.32 Å². The molecule has 0 amide bonds. The molecule has 2 heteroatoms. The maximum absolute atomic E-state index is 5.53. The minimum absolute atomic E-state index is 0.824. The highest BCUT2D eigenvalue weighted by Gasteiger charge is 2.04. The highest BCUT2D eigenvalue weighted by molar-refractivity contribution is 5.80. The molecule has 3 aromatic rings. The first-order chi connectivity index (χ1) is 9.33. The van der Waals surface area contributed by atoms with Crippen molar-refractivity contribution in [3.8, 4) is 0 Å². The SMILES string of the molecule is Cc1ccc(CNCc2coc3ccccc23)cc1. The van der Waals surface area contributed by atoms with Gasteiger partial charge in [0.2, 0.25) is 0 Å². The summed E-state index contributed by atoms with van der Waals surface area (Å²) in [5, 5.41) is 4.65. The number of hydrogen-bond donors (Lipinski definition) is 1. The predicted octanol–water partition coefficient (Wildman–Crippen LogP) is 4.03. The lowest BCUT2D eigenvalue weighted by Crippen LogP contribution is -2.12. The topological polar surface area (TPSA) is 25.2 Å². The fraction of sp³-hybridized carbons (Fsp3) is 0.176. The van der Waals surface area contributed by atoms with Crippen LogP contribution in [-0.2, 0) is 13.1 Å². The third kappa shape index (κ3) is 2.69. The molecule has 19 heavy (non-hydrogen) atoms. The van der Waals surface area contributed by atoms with Gasteiger partial charge >= 0.3 is 0 Å². The number of fused-ring (bicyclic) bond motifs is 1. The van der Waals surface area contributed by atoms with E-state index in [0.29, 0.717) is 0 Å². The van der Waals surface area contributed by atoms with Crippen molar-refractivity contribution in [3.05, 3.63) is 71.5 Å². The molecule has 1 N–H and O–H groups in total. The quantitative estimate of drug-likeness (QED) is 0.757. The Balaban J connectivity index is 1.65. The Kier molecular flexibility index (Phi) is 3.34. The van der Waals surface area contributed by atoms with Gasteiger partial charge in [-0.1, -0.05) is 48.0 Å². The molecule has 0 unspecified atom stereocenters. The highest BCUT2D eigenvalue weighted by Crippen LogP contribution is 2.20. The van der Waals surface area contributed by atoms with Crippen molar-refractivity contribution in [2.45, 2.75) is 20.0 Å². The van der Waals surface area contributed by atoms with Gasteiger partial charge in [-0.2, -0.15) is 0 Å². The molecule has 0 aliphatic rings. The average molecular weight is 251 g/mol. The van der Waals surface area contributed by atoms with E-state index < -0.39 is 0 Å². The molecule has 0 saturated carbocycles. The summed E-state index contributed by atoms with van der Waals surface area (Å²) >= 11 is 0. The summed E-state index contributed by atoms with van der Waals surface area (Å²) in [6.45, 7) is 3.81. The smallest absolute Gasteiger partial charge is 0.134 e. The minimum atomic E-state index is 0.824. The summed E-state index contributed by atoms with van der Waals surface area (Å²) in [5.74, 6) is 0. The third-order valence-electron chi connectivity index (χ3n) is 3.33. The van der Waals surface area contributed by atoms with Crippen LogP contribution in [0, 0.1) is 6.92 Å². The van der Waals surface area contributed by atoms with Crippen molar-refractivity contribution < 1.29 is 4.42 Å². The Morgan fingerprint density at radius 3 is 2.58 bits per heavy atom. The molecule has 96 valence electrons. The van der Waals surface area contributed by atoms with Crippen molar-refractivity contribution in [1.29, 1.82) is 0 Å². The number of furan rings is 1. The van der Waals surface area contributed by atoms with Crippen molar-refractivity contribution in [2.75, 3.05) is 0 Å². The van der Waals surface area contributed by atoms with E-state index in [1.165, 1.54) is 22.1 Å². The molecule has 2 nitrogen and oxygen atoms in total. The second-order valence-electron chi connectivity index (χ2n) is 4.85. The van der Waals surface area contributed by atoms with Crippen LogP contribution in [0.1, 0.15) is 16.7 Å². The largest absolute Gasteiger partial charge is 0.464 e. The molecule has 0 fully saturated rings.